The van der Waals surface area contributed by atoms with Crippen molar-refractivity contribution in [3.63, 3.8) is 0 Å². The molecule has 2 heterocycles. The van der Waals surface area contributed by atoms with Crippen LogP contribution >= 0.6 is 0 Å². The average molecular weight is 210 g/mol. The maximum absolute atomic E-state index is 2.72. The Morgan fingerprint density at radius 3 is 2.40 bits per heavy atom. The van der Waals surface area contributed by atoms with E-state index >= 15 is 0 Å². The normalized spacial score (nSPS) is 35.6. The summed E-state index contributed by atoms with van der Waals surface area (Å²) in [7, 11) is 0. The van der Waals surface area contributed by atoms with E-state index in [1.807, 2.05) is 0 Å². The lowest BCUT2D eigenvalue weighted by Gasteiger charge is -2.48. The molecule has 2 unspecified atom stereocenters. The average Bonchev–Trinajstić information content (AvgIpc) is 2.29. The van der Waals surface area contributed by atoms with Crippen molar-refractivity contribution in [2.75, 3.05) is 13.1 Å². The van der Waals surface area contributed by atoms with Crippen LogP contribution in [0.3, 0.4) is 0 Å². The lowest BCUT2D eigenvalue weighted by molar-refractivity contribution is -0.119. The number of hydrazine groups is 1. The molecule has 0 aromatic heterocycles. The van der Waals surface area contributed by atoms with Gasteiger partial charge < -0.3 is 0 Å². The summed E-state index contributed by atoms with van der Waals surface area (Å²) in [6, 6.07) is 1.61. The van der Waals surface area contributed by atoms with Crippen molar-refractivity contribution in [1.29, 1.82) is 0 Å². The van der Waals surface area contributed by atoms with Crippen molar-refractivity contribution >= 4 is 0 Å². The van der Waals surface area contributed by atoms with E-state index in [-0.39, 0.29) is 0 Å². The van der Waals surface area contributed by atoms with E-state index in [1.54, 1.807) is 0 Å². The molecule has 0 aromatic carbocycles. The molecule has 0 aliphatic carbocycles. The zero-order chi connectivity index (χ0) is 10.7. The van der Waals surface area contributed by atoms with Gasteiger partial charge in [-0.25, -0.2) is 10.0 Å². The maximum atomic E-state index is 2.72. The predicted octanol–water partition coefficient (Wildman–Crippen LogP) is 3.04. The zero-order valence-corrected chi connectivity index (χ0v) is 10.4. The maximum Gasteiger partial charge on any atom is 0.0246 e. The van der Waals surface area contributed by atoms with Crippen molar-refractivity contribution in [2.24, 2.45) is 0 Å². The summed E-state index contributed by atoms with van der Waals surface area (Å²) in [6.07, 6.45) is 9.81. The van der Waals surface area contributed by atoms with Crippen LogP contribution in [0.2, 0.25) is 0 Å². The predicted molar refractivity (Wildman–Crippen MR) is 64.7 cm³/mol. The molecule has 0 radical (unpaired) electrons. The first-order valence-electron chi connectivity index (χ1n) is 6.86. The van der Waals surface area contributed by atoms with Gasteiger partial charge in [0.15, 0.2) is 0 Å². The molecule has 0 N–H and O–H groups in total. The van der Waals surface area contributed by atoms with Crippen LogP contribution in [-0.4, -0.2) is 35.2 Å². The van der Waals surface area contributed by atoms with E-state index in [0.29, 0.717) is 0 Å². The van der Waals surface area contributed by atoms with Crippen molar-refractivity contribution in [2.45, 2.75) is 70.9 Å². The molecule has 2 saturated heterocycles. The minimum absolute atomic E-state index is 0.779. The summed E-state index contributed by atoms with van der Waals surface area (Å²) in [5.74, 6) is 0. The summed E-state index contributed by atoms with van der Waals surface area (Å²) in [5, 5.41) is 5.38. The van der Waals surface area contributed by atoms with E-state index in [4.69, 9.17) is 0 Å². The van der Waals surface area contributed by atoms with Gasteiger partial charge in [0.05, 0.1) is 0 Å². The number of hydrogen-bond donors (Lipinski definition) is 0. The lowest BCUT2D eigenvalue weighted by atomic mass is 9.96. The first kappa shape index (κ1) is 11.4. The van der Waals surface area contributed by atoms with Gasteiger partial charge >= 0.3 is 0 Å². The van der Waals surface area contributed by atoms with Crippen LogP contribution < -0.4 is 0 Å². The second kappa shape index (κ2) is 5.31. The SMILES string of the molecule is CCC1CCCC(C)N1N1CCCCC1. The highest BCUT2D eigenvalue weighted by Crippen LogP contribution is 2.28. The van der Waals surface area contributed by atoms with Crippen LogP contribution in [-0.2, 0) is 0 Å². The molecule has 0 spiro atoms. The number of rotatable bonds is 2. The monoisotopic (exact) mass is 210 g/mol. The van der Waals surface area contributed by atoms with Crippen LogP contribution in [0.5, 0.6) is 0 Å². The third-order valence-electron chi connectivity index (χ3n) is 4.12. The number of piperidine rings is 2. The Balaban J connectivity index is 2.00. The first-order chi connectivity index (χ1) is 7.33. The van der Waals surface area contributed by atoms with Crippen LogP contribution in [0.4, 0.5) is 0 Å². The molecule has 0 bridgehead atoms. The van der Waals surface area contributed by atoms with E-state index in [9.17, 15) is 0 Å². The molecule has 2 aliphatic rings. The highest BCUT2D eigenvalue weighted by Gasteiger charge is 2.31. The van der Waals surface area contributed by atoms with Gasteiger partial charge in [-0.2, -0.15) is 0 Å². The molecule has 0 aromatic rings. The molecule has 2 heteroatoms. The summed E-state index contributed by atoms with van der Waals surface area (Å²) in [4.78, 5) is 0. The number of hydrogen-bond acceptors (Lipinski definition) is 2. The number of nitrogens with zero attached hydrogens (tertiary/aromatic N) is 2. The second-order valence-electron chi connectivity index (χ2n) is 5.24. The van der Waals surface area contributed by atoms with Crippen LogP contribution in [0, 0.1) is 0 Å². The fourth-order valence-electron chi connectivity index (χ4n) is 3.28. The molecular formula is C13H26N2. The quantitative estimate of drug-likeness (QED) is 0.691. The van der Waals surface area contributed by atoms with Crippen molar-refractivity contribution < 1.29 is 0 Å². The molecule has 2 aliphatic heterocycles. The van der Waals surface area contributed by atoms with Gasteiger partial charge in [-0.3, -0.25) is 0 Å². The first-order valence-corrected chi connectivity index (χ1v) is 6.86. The Labute approximate surface area is 94.6 Å². The lowest BCUT2D eigenvalue weighted by Crippen LogP contribution is -2.56. The zero-order valence-electron chi connectivity index (χ0n) is 10.4. The largest absolute Gasteiger partial charge is 0.241 e. The van der Waals surface area contributed by atoms with E-state index in [0.717, 1.165) is 12.1 Å². The van der Waals surface area contributed by atoms with Crippen molar-refractivity contribution in [3.8, 4) is 0 Å². The van der Waals surface area contributed by atoms with Crippen molar-refractivity contribution in [1.82, 2.24) is 10.0 Å². The van der Waals surface area contributed by atoms with Gasteiger partial charge in [0, 0.05) is 25.2 Å². The van der Waals surface area contributed by atoms with Crippen LogP contribution in [0.15, 0.2) is 0 Å². The Morgan fingerprint density at radius 1 is 1.00 bits per heavy atom. The summed E-state index contributed by atoms with van der Waals surface area (Å²) in [5.41, 5.74) is 0. The molecule has 2 nitrogen and oxygen atoms in total. The highest BCUT2D eigenvalue weighted by molar-refractivity contribution is 4.81. The Bertz CT molecular complexity index is 187. The van der Waals surface area contributed by atoms with E-state index < -0.39 is 0 Å². The van der Waals surface area contributed by atoms with E-state index in [1.165, 1.54) is 58.0 Å². The smallest absolute Gasteiger partial charge is 0.0246 e. The summed E-state index contributed by atoms with van der Waals surface area (Å²) < 4.78 is 0. The summed E-state index contributed by atoms with van der Waals surface area (Å²) >= 11 is 0. The summed E-state index contributed by atoms with van der Waals surface area (Å²) in [6.45, 7) is 7.37. The molecule has 2 fully saturated rings. The Morgan fingerprint density at radius 2 is 1.73 bits per heavy atom. The molecule has 0 amide bonds. The van der Waals surface area contributed by atoms with Gasteiger partial charge in [-0.1, -0.05) is 19.8 Å². The minimum Gasteiger partial charge on any atom is -0.241 e. The fraction of sp³-hybridized carbons (Fsp3) is 1.00. The van der Waals surface area contributed by atoms with Crippen LogP contribution in [0.25, 0.3) is 0 Å². The van der Waals surface area contributed by atoms with Gasteiger partial charge in [0.25, 0.3) is 0 Å². The second-order valence-corrected chi connectivity index (χ2v) is 5.24. The third-order valence-corrected chi connectivity index (χ3v) is 4.12. The topological polar surface area (TPSA) is 6.48 Å². The molecule has 2 rings (SSSR count). The third kappa shape index (κ3) is 2.54. The Kier molecular flexibility index (Phi) is 4.04. The van der Waals surface area contributed by atoms with Gasteiger partial charge in [0.1, 0.15) is 0 Å². The standard InChI is InChI=1S/C13H26N2/c1-3-13-9-7-8-12(2)15(13)14-10-5-4-6-11-14/h12-13H,3-11H2,1-2H3. The molecule has 2 atom stereocenters. The van der Waals surface area contributed by atoms with Gasteiger partial charge in [0.2, 0.25) is 0 Å². The molecular weight excluding hydrogens is 184 g/mol. The van der Waals surface area contributed by atoms with Gasteiger partial charge in [-0.05, 0) is 39.0 Å². The van der Waals surface area contributed by atoms with Gasteiger partial charge in [-0.15, -0.1) is 0 Å². The van der Waals surface area contributed by atoms with E-state index in [2.05, 4.69) is 23.9 Å². The van der Waals surface area contributed by atoms with Crippen LogP contribution in [0.1, 0.15) is 58.8 Å². The Hall–Kier alpha value is -0.0800. The highest BCUT2D eigenvalue weighted by atomic mass is 15.6. The van der Waals surface area contributed by atoms with Crippen molar-refractivity contribution in [3.05, 3.63) is 0 Å². The molecule has 0 saturated carbocycles. The molecule has 15 heavy (non-hydrogen) atoms. The minimum atomic E-state index is 0.779. The fourth-order valence-corrected chi connectivity index (χ4v) is 3.28. The molecule has 88 valence electrons.